The average molecular weight is 246 g/mol. The highest BCUT2D eigenvalue weighted by Crippen LogP contribution is 2.25. The first-order valence-electron chi connectivity index (χ1n) is 5.53. The van der Waals surface area contributed by atoms with Crippen LogP contribution in [0.4, 0.5) is 5.69 Å². The summed E-state index contributed by atoms with van der Waals surface area (Å²) in [5.74, 6) is 0.185. The Morgan fingerprint density at radius 3 is 3.17 bits per heavy atom. The van der Waals surface area contributed by atoms with Crippen molar-refractivity contribution >= 4 is 5.69 Å². The van der Waals surface area contributed by atoms with Crippen molar-refractivity contribution in [3.05, 3.63) is 52.6 Å². The van der Waals surface area contributed by atoms with E-state index in [0.29, 0.717) is 6.61 Å². The van der Waals surface area contributed by atoms with Crippen LogP contribution in [0, 0.1) is 16.2 Å². The molecule has 0 bridgehead atoms. The van der Waals surface area contributed by atoms with E-state index in [1.54, 1.807) is 18.5 Å². The summed E-state index contributed by atoms with van der Waals surface area (Å²) >= 11 is 0. The molecule has 0 atom stereocenters. The van der Waals surface area contributed by atoms with Crippen molar-refractivity contribution in [2.75, 3.05) is 6.61 Å². The summed E-state index contributed by atoms with van der Waals surface area (Å²) in [4.78, 5) is 17.2. The summed E-state index contributed by atoms with van der Waals surface area (Å²) in [6.45, 7) is 0.397. The van der Waals surface area contributed by atoms with Gasteiger partial charge in [0.05, 0.1) is 23.6 Å². The maximum Gasteiger partial charge on any atom is 0.311 e. The number of nitrogens with zero attached hydrogens (tertiary/aromatic N) is 2. The molecule has 1 aromatic heterocycles. The molecule has 0 aliphatic carbocycles. The summed E-state index contributed by atoms with van der Waals surface area (Å²) in [5, 5.41) is 10.7. The number of hydrogen-bond donors (Lipinski definition) is 1. The standard InChI is InChI=1S/C12H12N3O3/c16-15(17)11-5-1-2-6-12(11)18-7-3-4-10-8-13-9-14-10/h1-2,5,8-9H,3-4,7H2,(H,13,14). The second-order valence-corrected chi connectivity index (χ2v) is 3.65. The number of nitro groups is 1. The fraction of sp³-hybridized carbons (Fsp3) is 0.250. The van der Waals surface area contributed by atoms with Crippen LogP contribution < -0.4 is 4.74 Å². The van der Waals surface area contributed by atoms with Crippen molar-refractivity contribution in [3.8, 4) is 5.75 Å². The number of aromatic nitrogens is 2. The summed E-state index contributed by atoms with van der Waals surface area (Å²) in [6.07, 6.45) is 4.94. The van der Waals surface area contributed by atoms with E-state index in [1.165, 1.54) is 6.07 Å². The number of ether oxygens (including phenoxy) is 1. The van der Waals surface area contributed by atoms with Gasteiger partial charge in [0.25, 0.3) is 0 Å². The van der Waals surface area contributed by atoms with Crippen molar-refractivity contribution in [1.82, 2.24) is 9.97 Å². The van der Waals surface area contributed by atoms with Crippen molar-refractivity contribution in [1.29, 1.82) is 0 Å². The SMILES string of the molecule is O=[N+]([O-])c1ccc[c]c1OCCCc1c[nH]cn1. The van der Waals surface area contributed by atoms with Gasteiger partial charge in [-0.05, 0) is 18.9 Å². The topological polar surface area (TPSA) is 81.0 Å². The number of H-pyrrole nitrogens is 1. The smallest absolute Gasteiger partial charge is 0.311 e. The fourth-order valence-electron chi connectivity index (χ4n) is 1.53. The molecule has 0 saturated carbocycles. The second kappa shape index (κ2) is 5.81. The van der Waals surface area contributed by atoms with Gasteiger partial charge in [0.2, 0.25) is 5.75 Å². The number of aryl methyl sites for hydroxylation is 1. The van der Waals surface area contributed by atoms with Crippen molar-refractivity contribution in [2.24, 2.45) is 0 Å². The van der Waals surface area contributed by atoms with Gasteiger partial charge in [-0.25, -0.2) is 4.98 Å². The van der Waals surface area contributed by atoms with Crippen LogP contribution >= 0.6 is 0 Å². The van der Waals surface area contributed by atoms with Crippen LogP contribution in [-0.4, -0.2) is 21.5 Å². The Morgan fingerprint density at radius 1 is 1.56 bits per heavy atom. The first-order valence-corrected chi connectivity index (χ1v) is 5.53. The van der Waals surface area contributed by atoms with Crippen LogP contribution in [0.15, 0.2) is 30.7 Å². The Hall–Kier alpha value is -2.37. The minimum atomic E-state index is -0.473. The molecule has 93 valence electrons. The monoisotopic (exact) mass is 246 g/mol. The van der Waals surface area contributed by atoms with Gasteiger partial charge in [-0.3, -0.25) is 10.1 Å². The lowest BCUT2D eigenvalue weighted by Gasteiger charge is -2.05. The van der Waals surface area contributed by atoms with Crippen LogP contribution in [-0.2, 0) is 6.42 Å². The number of nitro benzene ring substituents is 1. The Bertz CT molecular complexity index is 511. The zero-order valence-corrected chi connectivity index (χ0v) is 9.63. The maximum absolute atomic E-state index is 10.7. The molecule has 1 radical (unpaired) electrons. The average Bonchev–Trinajstić information content (AvgIpc) is 2.88. The third kappa shape index (κ3) is 3.07. The zero-order chi connectivity index (χ0) is 12.8. The Kier molecular flexibility index (Phi) is 3.90. The number of imidazole rings is 1. The van der Waals surface area contributed by atoms with Gasteiger partial charge >= 0.3 is 5.69 Å². The second-order valence-electron chi connectivity index (χ2n) is 3.65. The largest absolute Gasteiger partial charge is 0.486 e. The lowest BCUT2D eigenvalue weighted by molar-refractivity contribution is -0.385. The molecule has 0 unspecified atom stereocenters. The first kappa shape index (κ1) is 12.1. The van der Waals surface area contributed by atoms with E-state index in [9.17, 15) is 10.1 Å². The molecule has 0 fully saturated rings. The third-order valence-corrected chi connectivity index (χ3v) is 2.37. The third-order valence-electron chi connectivity index (χ3n) is 2.37. The predicted octanol–water partition coefficient (Wildman–Crippen LogP) is 2.13. The molecule has 0 saturated heterocycles. The zero-order valence-electron chi connectivity index (χ0n) is 9.63. The number of aromatic amines is 1. The van der Waals surface area contributed by atoms with Gasteiger partial charge in [0.1, 0.15) is 0 Å². The van der Waals surface area contributed by atoms with Crippen LogP contribution in [0.1, 0.15) is 12.1 Å². The van der Waals surface area contributed by atoms with Gasteiger partial charge in [-0.15, -0.1) is 0 Å². The van der Waals surface area contributed by atoms with Gasteiger partial charge in [0, 0.05) is 18.3 Å². The van der Waals surface area contributed by atoms with Crippen molar-refractivity contribution in [2.45, 2.75) is 12.8 Å². The van der Waals surface area contributed by atoms with Crippen LogP contribution in [0.3, 0.4) is 0 Å². The Balaban J connectivity index is 1.85. The minimum absolute atomic E-state index is 0.0581. The Morgan fingerprint density at radius 2 is 2.44 bits per heavy atom. The minimum Gasteiger partial charge on any atom is -0.486 e. The predicted molar refractivity (Wildman–Crippen MR) is 64.3 cm³/mol. The summed E-state index contributed by atoms with van der Waals surface area (Å²) in [6, 6.07) is 7.29. The van der Waals surface area contributed by atoms with E-state index >= 15 is 0 Å². The van der Waals surface area contributed by atoms with Gasteiger partial charge in [-0.1, -0.05) is 6.07 Å². The molecule has 2 aromatic rings. The van der Waals surface area contributed by atoms with Gasteiger partial charge in [0.15, 0.2) is 0 Å². The highest BCUT2D eigenvalue weighted by atomic mass is 16.6. The van der Waals surface area contributed by atoms with E-state index in [-0.39, 0.29) is 11.4 Å². The molecule has 1 aromatic carbocycles. The van der Waals surface area contributed by atoms with E-state index < -0.39 is 4.92 Å². The van der Waals surface area contributed by atoms with Crippen LogP contribution in [0.25, 0.3) is 0 Å². The molecule has 1 heterocycles. The van der Waals surface area contributed by atoms with Crippen molar-refractivity contribution in [3.63, 3.8) is 0 Å². The summed E-state index contributed by atoms with van der Waals surface area (Å²) in [5.41, 5.74) is 0.891. The molecule has 0 aliphatic heterocycles. The normalized spacial score (nSPS) is 10.2. The summed E-state index contributed by atoms with van der Waals surface area (Å²) in [7, 11) is 0. The molecule has 18 heavy (non-hydrogen) atoms. The highest BCUT2D eigenvalue weighted by molar-refractivity contribution is 5.44. The quantitative estimate of drug-likeness (QED) is 0.481. The molecule has 0 amide bonds. The lowest BCUT2D eigenvalue weighted by Crippen LogP contribution is -2.02. The molecular formula is C12H12N3O3. The van der Waals surface area contributed by atoms with Crippen LogP contribution in [0.5, 0.6) is 5.75 Å². The highest BCUT2D eigenvalue weighted by Gasteiger charge is 2.13. The number of benzene rings is 1. The first-order chi connectivity index (χ1) is 8.77. The number of nitrogens with one attached hydrogen (secondary N) is 1. The van der Waals surface area contributed by atoms with E-state index in [4.69, 9.17) is 4.74 Å². The molecule has 0 spiro atoms. The fourth-order valence-corrected chi connectivity index (χ4v) is 1.53. The van der Waals surface area contributed by atoms with E-state index in [0.717, 1.165) is 18.5 Å². The van der Waals surface area contributed by atoms with Gasteiger partial charge in [-0.2, -0.15) is 0 Å². The molecular weight excluding hydrogens is 234 g/mol. The molecule has 6 heteroatoms. The molecule has 0 aliphatic rings. The van der Waals surface area contributed by atoms with Gasteiger partial charge < -0.3 is 9.72 Å². The number of hydrogen-bond acceptors (Lipinski definition) is 4. The van der Waals surface area contributed by atoms with E-state index in [1.807, 2.05) is 6.20 Å². The van der Waals surface area contributed by atoms with Crippen molar-refractivity contribution < 1.29 is 9.66 Å². The lowest BCUT2D eigenvalue weighted by atomic mass is 10.2. The molecule has 2 rings (SSSR count). The molecule has 1 N–H and O–H groups in total. The molecule has 6 nitrogen and oxygen atoms in total. The number of para-hydroxylation sites is 1. The Labute approximate surface area is 104 Å². The summed E-state index contributed by atoms with van der Waals surface area (Å²) < 4.78 is 5.36. The van der Waals surface area contributed by atoms with E-state index in [2.05, 4.69) is 16.0 Å². The van der Waals surface area contributed by atoms with Crippen LogP contribution in [0.2, 0.25) is 0 Å². The maximum atomic E-state index is 10.7. The number of rotatable bonds is 6.